The molecule has 1 amide bonds. The molecule has 3 fully saturated rings. The number of amides is 1. The van der Waals surface area contributed by atoms with Crippen molar-refractivity contribution in [1.82, 2.24) is 20.9 Å². The summed E-state index contributed by atoms with van der Waals surface area (Å²) in [4.78, 5) is 17.3. The summed E-state index contributed by atoms with van der Waals surface area (Å²) < 4.78 is 46.2. The van der Waals surface area contributed by atoms with Crippen LogP contribution in [0.25, 0.3) is 0 Å². The van der Waals surface area contributed by atoms with Crippen molar-refractivity contribution in [2.24, 2.45) is 0 Å². The lowest BCUT2D eigenvalue weighted by molar-refractivity contribution is -0.449. The number of phosphoric acid groups is 1. The minimum Gasteiger partial charge on any atom is -0.402 e. The van der Waals surface area contributed by atoms with Crippen LogP contribution < -0.4 is 20.5 Å². The smallest absolute Gasteiger partial charge is 0.402 e. The summed E-state index contributed by atoms with van der Waals surface area (Å²) >= 11 is 0. The van der Waals surface area contributed by atoms with Gasteiger partial charge >= 0.3 is 7.82 Å². The van der Waals surface area contributed by atoms with E-state index in [-0.39, 0.29) is 31.8 Å². The number of phosphoric ester groups is 1. The van der Waals surface area contributed by atoms with Crippen LogP contribution in [0, 0.1) is 0 Å². The molecule has 0 aromatic carbocycles. The molecule has 3 aliphatic rings. The second kappa shape index (κ2) is 13.3. The Labute approximate surface area is 238 Å². The van der Waals surface area contributed by atoms with Crippen molar-refractivity contribution < 1.29 is 52.5 Å². The van der Waals surface area contributed by atoms with Gasteiger partial charge in [-0.1, -0.05) is 0 Å². The number of nitrogens with one attached hydrogen (secondary N) is 3. The average molecular weight is 605 g/mol. The predicted molar refractivity (Wildman–Crippen MR) is 143 cm³/mol. The quantitative estimate of drug-likeness (QED) is 0.171. The minimum atomic E-state index is -3.79. The van der Waals surface area contributed by atoms with E-state index >= 15 is 0 Å². The van der Waals surface area contributed by atoms with Crippen molar-refractivity contribution in [1.29, 1.82) is 0 Å². The summed E-state index contributed by atoms with van der Waals surface area (Å²) in [7, 11) is -0.546. The highest BCUT2D eigenvalue weighted by Gasteiger charge is 2.63. The van der Waals surface area contributed by atoms with Crippen molar-refractivity contribution >= 4 is 13.7 Å². The maximum Gasteiger partial charge on any atom is 0.530 e. The third-order valence-corrected chi connectivity index (χ3v) is 9.00. The molecule has 16 heteroatoms. The Bertz CT molecular complexity index is 1070. The molecule has 41 heavy (non-hydrogen) atoms. The van der Waals surface area contributed by atoms with Gasteiger partial charge in [-0.25, -0.2) is 4.57 Å². The fourth-order valence-corrected chi connectivity index (χ4v) is 6.71. The third-order valence-electron chi connectivity index (χ3n) is 7.42. The van der Waals surface area contributed by atoms with Crippen molar-refractivity contribution in [3.05, 3.63) is 24.0 Å². The second-order valence-corrected chi connectivity index (χ2v) is 11.8. The number of hydrogen-bond acceptors (Lipinski definition) is 14. The monoisotopic (exact) mass is 604 g/mol. The van der Waals surface area contributed by atoms with Gasteiger partial charge in [-0.05, 0) is 53.4 Å². The molecule has 4 rings (SSSR count). The summed E-state index contributed by atoms with van der Waals surface area (Å²) in [6.07, 6.45) is -4.45. The van der Waals surface area contributed by atoms with Crippen LogP contribution in [0.5, 0.6) is 5.75 Å². The number of ether oxygens (including phenoxy) is 3. The molecule has 2 saturated heterocycles. The third kappa shape index (κ3) is 6.76. The van der Waals surface area contributed by atoms with Crippen molar-refractivity contribution in [2.45, 2.75) is 94.3 Å². The molecule has 2 aliphatic heterocycles. The van der Waals surface area contributed by atoms with Gasteiger partial charge in [0.25, 0.3) is 0 Å². The van der Waals surface area contributed by atoms with Crippen molar-refractivity contribution in [2.75, 3.05) is 27.3 Å². The fraction of sp³-hybridized carbons (Fsp3) is 0.760. The maximum atomic E-state index is 13.1. The van der Waals surface area contributed by atoms with Crippen LogP contribution >= 0.6 is 7.82 Å². The first-order valence-electron chi connectivity index (χ1n) is 13.7. The molecule has 0 bridgehead atoms. The number of aromatic nitrogens is 1. The van der Waals surface area contributed by atoms with Crippen molar-refractivity contribution in [3.63, 3.8) is 0 Å². The first-order chi connectivity index (χ1) is 19.5. The Hall–Kier alpha value is -1.75. The highest BCUT2D eigenvalue weighted by atomic mass is 31.2. The second-order valence-electron chi connectivity index (χ2n) is 10.2. The molecular weight excluding hydrogens is 563 g/mol. The van der Waals surface area contributed by atoms with E-state index in [0.717, 1.165) is 0 Å². The fourth-order valence-electron chi connectivity index (χ4n) is 5.53. The number of pyridine rings is 1. The SMILES string of the molecule is CCOP(=O)(OCC)Oc1ccc(CC(=O)N[C@@H]2C[C@@H](C)O[C@H]3OC4[C@@H](O)[C@H](NC)[C@H](O)[C@H](NC)[C@H]4O[C@]32O)nc1. The van der Waals surface area contributed by atoms with Crippen LogP contribution in [0.4, 0.5) is 0 Å². The van der Waals surface area contributed by atoms with Gasteiger partial charge in [-0.3, -0.25) is 18.8 Å². The van der Waals surface area contributed by atoms with Crippen LogP contribution in [0.2, 0.25) is 0 Å². The van der Waals surface area contributed by atoms with E-state index < -0.39 is 74.5 Å². The van der Waals surface area contributed by atoms with E-state index in [1.54, 1.807) is 34.9 Å². The number of aliphatic hydroxyl groups excluding tert-OH is 2. The average Bonchev–Trinajstić information content (AvgIpc) is 2.90. The largest absolute Gasteiger partial charge is 0.530 e. The van der Waals surface area contributed by atoms with E-state index in [2.05, 4.69) is 20.9 Å². The number of carbonyl (C=O) groups is 1. The Morgan fingerprint density at radius 3 is 2.37 bits per heavy atom. The lowest BCUT2D eigenvalue weighted by atomic mass is 9.79. The van der Waals surface area contributed by atoms with Crippen LogP contribution in [0.15, 0.2) is 18.3 Å². The highest BCUT2D eigenvalue weighted by Crippen LogP contribution is 2.49. The zero-order valence-corrected chi connectivity index (χ0v) is 24.7. The molecule has 1 saturated carbocycles. The lowest BCUT2D eigenvalue weighted by Crippen LogP contribution is -2.79. The molecular formula is C25H41N4O11P. The van der Waals surface area contributed by atoms with Crippen LogP contribution in [-0.2, 0) is 39.0 Å². The molecule has 15 nitrogen and oxygen atoms in total. The van der Waals surface area contributed by atoms with Crippen LogP contribution in [0.3, 0.4) is 0 Å². The Morgan fingerprint density at radius 2 is 1.78 bits per heavy atom. The molecule has 232 valence electrons. The molecule has 1 aliphatic carbocycles. The summed E-state index contributed by atoms with van der Waals surface area (Å²) in [5.41, 5.74) is 0.383. The van der Waals surface area contributed by atoms with E-state index in [1.807, 2.05) is 0 Å². The number of hydrogen-bond donors (Lipinski definition) is 6. The van der Waals surface area contributed by atoms with Gasteiger partial charge in [0.15, 0.2) is 0 Å². The van der Waals surface area contributed by atoms with E-state index in [1.165, 1.54) is 18.3 Å². The summed E-state index contributed by atoms with van der Waals surface area (Å²) in [5.74, 6) is -2.41. The number of fused-ring (bicyclic) bond motifs is 2. The zero-order valence-electron chi connectivity index (χ0n) is 23.8. The molecule has 0 spiro atoms. The van der Waals surface area contributed by atoms with Gasteiger partial charge in [0.05, 0.1) is 56.2 Å². The summed E-state index contributed by atoms with van der Waals surface area (Å²) in [6.45, 7) is 5.35. The molecule has 6 N–H and O–H groups in total. The highest BCUT2D eigenvalue weighted by molar-refractivity contribution is 7.48. The number of rotatable bonds is 11. The molecule has 0 radical (unpaired) electrons. The molecule has 1 aromatic rings. The number of likely N-dealkylation sites (N-methyl/N-ethyl adjacent to an activating group) is 2. The van der Waals surface area contributed by atoms with Gasteiger partial charge in [0.1, 0.15) is 24.1 Å². The standard InChI is InChI=1S/C25H41N4O11P/c1-6-35-41(34,36-7-2)40-15-9-8-14(28-12-15)11-17(30)29-16-10-13(3)37-24-25(16,33)39-22-19(27-5)20(31)18(26-4)21(32)23(22)38-24/h8-9,12-13,16,18-24,26-27,31-33H,6-7,10-11H2,1-5H3,(H,29,30)/t13-,16-,18-,19+,20+,21+,22-,23?,24+,25+/m1/s1. The van der Waals surface area contributed by atoms with Gasteiger partial charge in [-0.2, -0.15) is 0 Å². The van der Waals surface area contributed by atoms with E-state index in [4.69, 9.17) is 27.8 Å². The zero-order chi connectivity index (χ0) is 29.9. The predicted octanol–water partition coefficient (Wildman–Crippen LogP) is -0.812. The number of nitrogens with zero attached hydrogens (tertiary/aromatic N) is 1. The Morgan fingerprint density at radius 1 is 1.10 bits per heavy atom. The molecule has 10 atom stereocenters. The van der Waals surface area contributed by atoms with Crippen LogP contribution in [0.1, 0.15) is 32.9 Å². The van der Waals surface area contributed by atoms with Gasteiger partial charge in [0, 0.05) is 5.69 Å². The van der Waals surface area contributed by atoms with Crippen LogP contribution in [-0.4, -0.2) is 114 Å². The summed E-state index contributed by atoms with van der Waals surface area (Å²) in [6, 6.07) is 0.674. The summed E-state index contributed by atoms with van der Waals surface area (Å²) in [5, 5.41) is 42.1. The van der Waals surface area contributed by atoms with Gasteiger partial charge in [-0.15, -0.1) is 0 Å². The first kappa shape index (κ1) is 32.2. The first-order valence-corrected chi connectivity index (χ1v) is 15.2. The van der Waals surface area contributed by atoms with Crippen molar-refractivity contribution in [3.8, 4) is 5.75 Å². The number of aliphatic hydroxyl groups is 3. The maximum absolute atomic E-state index is 13.1. The normalized spacial score (nSPS) is 37.1. The Kier molecular flexibility index (Phi) is 10.4. The molecule has 1 unspecified atom stereocenters. The van der Waals surface area contributed by atoms with E-state index in [9.17, 15) is 24.7 Å². The van der Waals surface area contributed by atoms with Gasteiger partial charge in [0.2, 0.25) is 18.0 Å². The molecule has 3 heterocycles. The minimum absolute atomic E-state index is 0.129. The lowest BCUT2D eigenvalue weighted by Gasteiger charge is -2.58. The van der Waals surface area contributed by atoms with Gasteiger partial charge < -0.3 is 50.0 Å². The molecule has 1 aromatic heterocycles. The van der Waals surface area contributed by atoms with E-state index in [0.29, 0.717) is 5.69 Å². The Balaban J connectivity index is 1.45. The number of carbonyl (C=O) groups excluding carboxylic acids is 1. The topological polar surface area (TPSA) is 199 Å².